The third-order valence-corrected chi connectivity index (χ3v) is 4.32. The summed E-state index contributed by atoms with van der Waals surface area (Å²) in [5.74, 6) is -0.635. The Bertz CT molecular complexity index is 1450. The normalized spacial score (nSPS) is 12.8. The minimum atomic E-state index is -3.22. The van der Waals surface area contributed by atoms with Gasteiger partial charge in [0.2, 0.25) is 11.8 Å². The van der Waals surface area contributed by atoms with E-state index in [1.807, 2.05) is 0 Å². The topological polar surface area (TPSA) is 196 Å². The Labute approximate surface area is 233 Å². The number of H-pyrrole nitrogens is 1. The van der Waals surface area contributed by atoms with Gasteiger partial charge in [-0.2, -0.15) is 0 Å². The Hall–Kier alpha value is -3.06. The van der Waals surface area contributed by atoms with E-state index >= 15 is 0 Å². The zero-order valence-corrected chi connectivity index (χ0v) is 23.4. The molecule has 1 saturated heterocycles. The molecule has 1 aliphatic heterocycles. The van der Waals surface area contributed by atoms with Gasteiger partial charge in [-0.25, -0.2) is 29.0 Å². The smallest absolute Gasteiger partial charge is 0.339 e. The second-order valence-corrected chi connectivity index (χ2v) is 14.1. The van der Waals surface area contributed by atoms with E-state index in [1.165, 1.54) is 0 Å². The zero-order valence-electron chi connectivity index (χ0n) is 19.4. The highest BCUT2D eigenvalue weighted by molar-refractivity contribution is 8.24. The van der Waals surface area contributed by atoms with Gasteiger partial charge in [0.25, 0.3) is 5.56 Å². The average Bonchev–Trinajstić information content (AvgIpc) is 2.72. The number of hydrogen-bond acceptors (Lipinski definition) is 8. The maximum Gasteiger partial charge on any atom is 0.339 e. The van der Waals surface area contributed by atoms with Gasteiger partial charge in [0.15, 0.2) is 0 Å². The van der Waals surface area contributed by atoms with Crippen LogP contribution in [-0.2, 0) is 14.2 Å². The van der Waals surface area contributed by atoms with E-state index in [4.69, 9.17) is 11.6 Å². The monoisotopic (exact) mass is 626 g/mol. The molecule has 0 radical (unpaired) electrons. The van der Waals surface area contributed by atoms with Gasteiger partial charge < -0.3 is 5.48 Å². The lowest BCUT2D eigenvalue weighted by Crippen LogP contribution is -2.53. The predicted octanol–water partition coefficient (Wildman–Crippen LogP) is 3.23. The molecule has 0 bridgehead atoms. The average molecular weight is 628 g/mol. The fourth-order valence-corrected chi connectivity index (χ4v) is 2.95. The van der Waals surface area contributed by atoms with Crippen molar-refractivity contribution in [3.8, 4) is 5.82 Å². The van der Waals surface area contributed by atoms with Crippen LogP contribution in [0.2, 0.25) is 5.15 Å². The first kappa shape index (κ1) is 33.0. The highest BCUT2D eigenvalue weighted by Crippen LogP contribution is 2.61. The molecule has 4 rings (SSSR count). The summed E-state index contributed by atoms with van der Waals surface area (Å²) >= 11 is 19.4. The van der Waals surface area contributed by atoms with Crippen LogP contribution in [-0.4, -0.2) is 42.8 Å². The fourth-order valence-electron chi connectivity index (χ4n) is 2.77. The summed E-state index contributed by atoms with van der Waals surface area (Å²) < 4.78 is 10.4. The third kappa shape index (κ3) is 10.4. The number of aromatic nitrogens is 4. The standard InChI is InChI=1S/C10H8ClN3O2.C10H9N3O3.Cl3OP.H2O/c1-6-3-2-4-8(12-6)14-9(15)5-7(11)13-10(14)16;1-6-3-2-4-7(11-6)13-9(15)5-8(14)12-10(13)16;1-5(2,3)4;/h2-5H,1H3,(H,13,16);2-4H,5H2,1H3,(H,12,14,16);;1H2. The van der Waals surface area contributed by atoms with Crippen LogP contribution >= 0.6 is 50.5 Å². The number of nitrogens with zero attached hydrogens (tertiary/aromatic N) is 4. The molecule has 3 aromatic rings. The highest BCUT2D eigenvalue weighted by atomic mass is 36.0. The number of barbiturate groups is 1. The lowest BCUT2D eigenvalue weighted by atomic mass is 10.2. The van der Waals surface area contributed by atoms with Crippen molar-refractivity contribution in [1.29, 1.82) is 0 Å². The number of hydrogen-bond donors (Lipinski definition) is 2. The van der Waals surface area contributed by atoms with Crippen molar-refractivity contribution in [3.63, 3.8) is 0 Å². The van der Waals surface area contributed by atoms with Gasteiger partial charge >= 0.3 is 16.9 Å². The summed E-state index contributed by atoms with van der Waals surface area (Å²) in [5, 5.41) is -1.14. The molecule has 0 spiro atoms. The number of urea groups is 1. The van der Waals surface area contributed by atoms with E-state index in [2.05, 4.69) is 54.0 Å². The quantitative estimate of drug-likeness (QED) is 0.245. The number of halogens is 4. The van der Waals surface area contributed by atoms with Crippen LogP contribution in [0.4, 0.5) is 10.6 Å². The Balaban J connectivity index is 0.000000317. The van der Waals surface area contributed by atoms with Crippen LogP contribution in [0.15, 0.2) is 52.1 Å². The van der Waals surface area contributed by atoms with E-state index in [0.29, 0.717) is 5.69 Å². The number of aromatic amines is 1. The van der Waals surface area contributed by atoms with Gasteiger partial charge in [-0.15, -0.1) is 0 Å². The van der Waals surface area contributed by atoms with Crippen molar-refractivity contribution in [2.45, 2.75) is 20.3 Å². The largest absolute Gasteiger partial charge is 0.412 e. The number of carbonyl (C=O) groups excluding carboxylic acids is 3. The van der Waals surface area contributed by atoms with Gasteiger partial charge in [-0.3, -0.25) is 29.2 Å². The summed E-state index contributed by atoms with van der Waals surface area (Å²) in [4.78, 5) is 68.4. The van der Waals surface area contributed by atoms with Crippen LogP contribution in [0.3, 0.4) is 0 Å². The predicted molar refractivity (Wildman–Crippen MR) is 144 cm³/mol. The number of carbonyl (C=O) groups is 3. The summed E-state index contributed by atoms with van der Waals surface area (Å²) in [6, 6.07) is 10.4. The van der Waals surface area contributed by atoms with Gasteiger partial charge in [0.05, 0.1) is 0 Å². The molecule has 204 valence electrons. The summed E-state index contributed by atoms with van der Waals surface area (Å²) in [6.45, 7) is 3.53. The molecule has 18 heteroatoms. The molecule has 4 N–H and O–H groups in total. The molecule has 38 heavy (non-hydrogen) atoms. The molecule has 3 aromatic heterocycles. The lowest BCUT2D eigenvalue weighted by molar-refractivity contribution is -0.128. The maximum atomic E-state index is 11.6. The van der Waals surface area contributed by atoms with Gasteiger partial charge in [-0.1, -0.05) is 23.7 Å². The highest BCUT2D eigenvalue weighted by Gasteiger charge is 2.32. The van der Waals surface area contributed by atoms with Crippen molar-refractivity contribution in [1.82, 2.24) is 24.8 Å². The van der Waals surface area contributed by atoms with E-state index < -0.39 is 34.3 Å². The van der Waals surface area contributed by atoms with E-state index in [-0.39, 0.29) is 28.7 Å². The van der Waals surface area contributed by atoms with Gasteiger partial charge in [0, 0.05) is 17.5 Å². The molecule has 0 aliphatic carbocycles. The number of pyridine rings is 2. The van der Waals surface area contributed by atoms with E-state index in [9.17, 15) is 28.5 Å². The lowest BCUT2D eigenvalue weighted by Gasteiger charge is -2.23. The van der Waals surface area contributed by atoms with Crippen molar-refractivity contribution in [3.05, 3.63) is 79.8 Å². The molecular weight excluding hydrogens is 609 g/mol. The number of nitrogens with one attached hydrogen (secondary N) is 2. The second kappa shape index (κ2) is 14.2. The second-order valence-electron chi connectivity index (χ2n) is 7.03. The van der Waals surface area contributed by atoms with Crippen LogP contribution in [0, 0.1) is 13.8 Å². The number of imide groups is 2. The number of aryl methyl sites for hydroxylation is 2. The fraction of sp³-hybridized carbons (Fsp3) is 0.150. The van der Waals surface area contributed by atoms with E-state index in [0.717, 1.165) is 21.2 Å². The van der Waals surface area contributed by atoms with Crippen molar-refractivity contribution >= 4 is 74.2 Å². The summed E-state index contributed by atoms with van der Waals surface area (Å²) in [5.41, 5.74) is 0.302. The molecule has 0 atom stereocenters. The molecule has 1 fully saturated rings. The Kier molecular flexibility index (Phi) is 12.3. The Morgan fingerprint density at radius 1 is 0.895 bits per heavy atom. The summed E-state index contributed by atoms with van der Waals surface area (Å²) in [7, 11) is 0. The van der Waals surface area contributed by atoms with Crippen LogP contribution in [0.25, 0.3) is 5.82 Å². The number of anilines is 1. The van der Waals surface area contributed by atoms with Gasteiger partial charge in [0.1, 0.15) is 23.2 Å². The minimum absolute atomic E-state index is 0. The van der Waals surface area contributed by atoms with Crippen LogP contribution < -0.4 is 21.5 Å². The first-order valence-corrected chi connectivity index (χ1v) is 14.7. The minimum Gasteiger partial charge on any atom is -0.412 e. The number of rotatable bonds is 2. The van der Waals surface area contributed by atoms with Gasteiger partial charge in [-0.05, 0) is 71.8 Å². The zero-order chi connectivity index (χ0) is 27.9. The molecule has 0 saturated carbocycles. The van der Waals surface area contributed by atoms with Crippen LogP contribution in [0.5, 0.6) is 0 Å². The van der Waals surface area contributed by atoms with E-state index in [1.54, 1.807) is 50.2 Å². The van der Waals surface area contributed by atoms with Crippen molar-refractivity contribution in [2.24, 2.45) is 0 Å². The number of amides is 4. The first-order valence-electron chi connectivity index (χ1n) is 9.91. The maximum absolute atomic E-state index is 11.6. The Morgan fingerprint density at radius 3 is 1.87 bits per heavy atom. The summed E-state index contributed by atoms with van der Waals surface area (Å²) in [6.07, 6.45) is -0.332. The molecule has 4 heterocycles. The third-order valence-electron chi connectivity index (χ3n) is 4.12. The molecule has 13 nitrogen and oxygen atoms in total. The first-order chi connectivity index (χ1) is 17.2. The molecule has 0 unspecified atom stereocenters. The van der Waals surface area contributed by atoms with Crippen LogP contribution in [0.1, 0.15) is 17.8 Å². The molecule has 1 aliphatic rings. The Morgan fingerprint density at radius 2 is 1.39 bits per heavy atom. The van der Waals surface area contributed by atoms with Crippen molar-refractivity contribution in [2.75, 3.05) is 4.90 Å². The molecular formula is C20H19Cl4N6O7P. The SMILES string of the molecule is Cc1cccc(-n2c(=O)cc(Cl)[nH]c2=O)n1.Cc1cccc(N2C(=O)CC(=O)NC2=O)n1.O.O=P(Cl)(Cl)Cl. The molecule has 4 amide bonds. The molecule has 0 aromatic carbocycles. The van der Waals surface area contributed by atoms with Crippen molar-refractivity contribution < 1.29 is 24.4 Å².